The molecule has 0 aliphatic carbocycles. The number of hydrogen-bond donors (Lipinski definition) is 2. The van der Waals surface area contributed by atoms with Crippen molar-refractivity contribution in [1.29, 1.82) is 0 Å². The fourth-order valence-corrected chi connectivity index (χ4v) is 2.73. The summed E-state index contributed by atoms with van der Waals surface area (Å²) < 4.78 is 10.7. The molecule has 106 valence electrons. The molecule has 4 nitrogen and oxygen atoms in total. The summed E-state index contributed by atoms with van der Waals surface area (Å²) in [5.74, 6) is 2.38. The van der Waals surface area contributed by atoms with Gasteiger partial charge in [0.25, 0.3) is 0 Å². The van der Waals surface area contributed by atoms with E-state index in [2.05, 4.69) is 5.32 Å². The molecule has 1 atom stereocenters. The monoisotopic (exact) mass is 264 g/mol. The molecule has 0 amide bonds. The van der Waals surface area contributed by atoms with Gasteiger partial charge in [-0.3, -0.25) is 0 Å². The van der Waals surface area contributed by atoms with E-state index in [4.69, 9.17) is 15.2 Å². The molecule has 0 saturated carbocycles. The maximum atomic E-state index is 6.37. The molecule has 4 heteroatoms. The predicted molar refractivity (Wildman–Crippen MR) is 76.7 cm³/mol. The van der Waals surface area contributed by atoms with Crippen LogP contribution in [0.3, 0.4) is 0 Å². The second-order valence-corrected chi connectivity index (χ2v) is 5.14. The Bertz CT molecular complexity index is 403. The van der Waals surface area contributed by atoms with Gasteiger partial charge in [-0.1, -0.05) is 0 Å². The summed E-state index contributed by atoms with van der Waals surface area (Å²) in [4.78, 5) is 0. The first-order valence-electron chi connectivity index (χ1n) is 6.92. The zero-order chi connectivity index (χ0) is 13.7. The van der Waals surface area contributed by atoms with Gasteiger partial charge in [-0.05, 0) is 56.5 Å². The van der Waals surface area contributed by atoms with Crippen LogP contribution in [0.15, 0.2) is 18.2 Å². The molecular weight excluding hydrogens is 240 g/mol. The Labute approximate surface area is 115 Å². The lowest BCUT2D eigenvalue weighted by Gasteiger charge is -2.26. The number of methoxy groups -OCH3 is 2. The topological polar surface area (TPSA) is 56.5 Å². The summed E-state index contributed by atoms with van der Waals surface area (Å²) in [6.45, 7) is 2.21. The molecule has 0 aromatic heterocycles. The summed E-state index contributed by atoms with van der Waals surface area (Å²) in [6.07, 6.45) is 3.42. The van der Waals surface area contributed by atoms with Gasteiger partial charge < -0.3 is 20.5 Å². The number of ether oxygens (including phenoxy) is 2. The predicted octanol–water partition coefficient (Wildman–Crippen LogP) is 2.09. The Morgan fingerprint density at radius 3 is 2.63 bits per heavy atom. The molecule has 1 aromatic carbocycles. The average Bonchev–Trinajstić information content (AvgIpc) is 2.47. The SMILES string of the molecule is COc1ccc(OC)c(C(N)CC2CCNCC2)c1. The lowest BCUT2D eigenvalue weighted by Crippen LogP contribution is -2.29. The van der Waals surface area contributed by atoms with Gasteiger partial charge in [-0.15, -0.1) is 0 Å². The van der Waals surface area contributed by atoms with Gasteiger partial charge in [0.15, 0.2) is 0 Å². The molecule has 1 aliphatic rings. The Hall–Kier alpha value is -1.26. The van der Waals surface area contributed by atoms with E-state index >= 15 is 0 Å². The van der Waals surface area contributed by atoms with Gasteiger partial charge in [0, 0.05) is 11.6 Å². The first-order valence-corrected chi connectivity index (χ1v) is 6.92. The summed E-state index contributed by atoms with van der Waals surface area (Å²) in [7, 11) is 3.35. The minimum atomic E-state index is 0.00755. The van der Waals surface area contributed by atoms with Crippen LogP contribution in [-0.4, -0.2) is 27.3 Å². The fourth-order valence-electron chi connectivity index (χ4n) is 2.73. The molecule has 2 rings (SSSR count). The van der Waals surface area contributed by atoms with Crippen molar-refractivity contribution >= 4 is 0 Å². The van der Waals surface area contributed by atoms with Crippen LogP contribution in [0.25, 0.3) is 0 Å². The van der Waals surface area contributed by atoms with E-state index in [0.29, 0.717) is 5.92 Å². The number of rotatable bonds is 5. The maximum absolute atomic E-state index is 6.37. The Balaban J connectivity index is 2.09. The first-order chi connectivity index (χ1) is 9.24. The lowest BCUT2D eigenvalue weighted by atomic mass is 9.88. The summed E-state index contributed by atoms with van der Waals surface area (Å²) in [5.41, 5.74) is 7.41. The molecule has 1 saturated heterocycles. The summed E-state index contributed by atoms with van der Waals surface area (Å²) in [6, 6.07) is 5.83. The van der Waals surface area contributed by atoms with Crippen LogP contribution in [0.5, 0.6) is 11.5 Å². The van der Waals surface area contributed by atoms with Gasteiger partial charge >= 0.3 is 0 Å². The number of hydrogen-bond acceptors (Lipinski definition) is 4. The number of benzene rings is 1. The summed E-state index contributed by atoms with van der Waals surface area (Å²) in [5, 5.41) is 3.38. The highest BCUT2D eigenvalue weighted by Gasteiger charge is 2.20. The van der Waals surface area contributed by atoms with E-state index in [9.17, 15) is 0 Å². The zero-order valence-corrected chi connectivity index (χ0v) is 11.8. The highest BCUT2D eigenvalue weighted by molar-refractivity contribution is 5.42. The second kappa shape index (κ2) is 6.78. The second-order valence-electron chi connectivity index (χ2n) is 5.14. The molecule has 1 aromatic rings. The normalized spacial score (nSPS) is 18.1. The molecule has 1 aliphatic heterocycles. The first kappa shape index (κ1) is 14.2. The minimum Gasteiger partial charge on any atom is -0.497 e. The van der Waals surface area contributed by atoms with Crippen LogP contribution < -0.4 is 20.5 Å². The molecule has 1 heterocycles. The van der Waals surface area contributed by atoms with Crippen molar-refractivity contribution in [2.75, 3.05) is 27.3 Å². The quantitative estimate of drug-likeness (QED) is 0.855. The van der Waals surface area contributed by atoms with Crippen LogP contribution >= 0.6 is 0 Å². The van der Waals surface area contributed by atoms with Crippen molar-refractivity contribution in [2.24, 2.45) is 11.7 Å². The Kier molecular flexibility index (Phi) is 5.05. The minimum absolute atomic E-state index is 0.00755. The van der Waals surface area contributed by atoms with Gasteiger partial charge in [0.05, 0.1) is 14.2 Å². The highest BCUT2D eigenvalue weighted by Crippen LogP contribution is 2.32. The van der Waals surface area contributed by atoms with Crippen LogP contribution in [0.2, 0.25) is 0 Å². The van der Waals surface area contributed by atoms with Crippen molar-refractivity contribution in [3.05, 3.63) is 23.8 Å². The maximum Gasteiger partial charge on any atom is 0.123 e. The number of piperidine rings is 1. The lowest BCUT2D eigenvalue weighted by molar-refractivity contribution is 0.327. The van der Waals surface area contributed by atoms with E-state index in [1.165, 1.54) is 12.8 Å². The molecule has 0 radical (unpaired) electrons. The number of nitrogens with two attached hydrogens (primary N) is 1. The average molecular weight is 264 g/mol. The van der Waals surface area contributed by atoms with E-state index in [-0.39, 0.29) is 6.04 Å². The fraction of sp³-hybridized carbons (Fsp3) is 0.600. The van der Waals surface area contributed by atoms with Gasteiger partial charge in [0.2, 0.25) is 0 Å². The van der Waals surface area contributed by atoms with E-state index in [1.807, 2.05) is 18.2 Å². The Morgan fingerprint density at radius 1 is 1.26 bits per heavy atom. The van der Waals surface area contributed by atoms with Crippen molar-refractivity contribution in [2.45, 2.75) is 25.3 Å². The number of nitrogens with one attached hydrogen (secondary N) is 1. The molecule has 19 heavy (non-hydrogen) atoms. The zero-order valence-electron chi connectivity index (χ0n) is 11.8. The highest BCUT2D eigenvalue weighted by atomic mass is 16.5. The molecule has 1 fully saturated rings. The third-order valence-corrected chi connectivity index (χ3v) is 3.88. The molecule has 0 spiro atoms. The van der Waals surface area contributed by atoms with Crippen molar-refractivity contribution < 1.29 is 9.47 Å². The standard InChI is InChI=1S/C15H24N2O2/c1-18-12-3-4-15(19-2)13(10-12)14(16)9-11-5-7-17-8-6-11/h3-4,10-11,14,17H,5-9,16H2,1-2H3. The van der Waals surface area contributed by atoms with Crippen LogP contribution in [0, 0.1) is 5.92 Å². The largest absolute Gasteiger partial charge is 0.497 e. The summed E-state index contributed by atoms with van der Waals surface area (Å²) >= 11 is 0. The molecule has 1 unspecified atom stereocenters. The third-order valence-electron chi connectivity index (χ3n) is 3.88. The van der Waals surface area contributed by atoms with Crippen LogP contribution in [-0.2, 0) is 0 Å². The molecule has 0 bridgehead atoms. The van der Waals surface area contributed by atoms with Crippen molar-refractivity contribution in [3.63, 3.8) is 0 Å². The van der Waals surface area contributed by atoms with E-state index < -0.39 is 0 Å². The smallest absolute Gasteiger partial charge is 0.123 e. The molecular formula is C15H24N2O2. The van der Waals surface area contributed by atoms with E-state index in [0.717, 1.165) is 36.6 Å². The van der Waals surface area contributed by atoms with Gasteiger partial charge in [0.1, 0.15) is 11.5 Å². The van der Waals surface area contributed by atoms with Gasteiger partial charge in [-0.25, -0.2) is 0 Å². The van der Waals surface area contributed by atoms with E-state index in [1.54, 1.807) is 14.2 Å². The molecule has 3 N–H and O–H groups in total. The van der Waals surface area contributed by atoms with Crippen molar-refractivity contribution in [1.82, 2.24) is 5.32 Å². The van der Waals surface area contributed by atoms with Crippen LogP contribution in [0.1, 0.15) is 30.9 Å². The third kappa shape index (κ3) is 3.61. The van der Waals surface area contributed by atoms with Crippen LogP contribution in [0.4, 0.5) is 0 Å². The van der Waals surface area contributed by atoms with Crippen molar-refractivity contribution in [3.8, 4) is 11.5 Å². The Morgan fingerprint density at radius 2 is 2.00 bits per heavy atom. The van der Waals surface area contributed by atoms with Gasteiger partial charge in [-0.2, -0.15) is 0 Å².